The second-order valence-corrected chi connectivity index (χ2v) is 3.43. The minimum atomic E-state index is -0.425. The van der Waals surface area contributed by atoms with Crippen LogP contribution in [0.3, 0.4) is 0 Å². The first-order chi connectivity index (χ1) is 7.61. The first kappa shape index (κ1) is 10.5. The second-order valence-electron chi connectivity index (χ2n) is 3.43. The quantitative estimate of drug-likeness (QED) is 0.842. The van der Waals surface area contributed by atoms with Crippen LogP contribution in [0, 0.1) is 12.7 Å². The van der Waals surface area contributed by atoms with E-state index in [4.69, 9.17) is 10.5 Å². The van der Waals surface area contributed by atoms with Gasteiger partial charge in [-0.25, -0.2) is 9.37 Å². The number of hydrogen-bond donors (Lipinski definition) is 1. The molecule has 0 saturated heterocycles. The van der Waals surface area contributed by atoms with E-state index in [0.29, 0.717) is 11.6 Å². The molecular weight excluding hydrogens is 209 g/mol. The fourth-order valence-corrected chi connectivity index (χ4v) is 1.53. The highest BCUT2D eigenvalue weighted by atomic mass is 19.1. The Hall–Kier alpha value is -2.04. The highest BCUT2D eigenvalue weighted by Gasteiger charge is 2.07. The number of ether oxygens (including phenoxy) is 1. The molecule has 1 heterocycles. The van der Waals surface area contributed by atoms with Crippen molar-refractivity contribution in [3.05, 3.63) is 35.9 Å². The van der Waals surface area contributed by atoms with Crippen molar-refractivity contribution in [2.24, 2.45) is 0 Å². The number of rotatable bonds is 2. The highest BCUT2D eigenvalue weighted by molar-refractivity contribution is 5.44. The topological polar surface area (TPSA) is 53.1 Å². The van der Waals surface area contributed by atoms with Crippen LogP contribution in [0.4, 0.5) is 10.3 Å². The number of anilines is 1. The van der Waals surface area contributed by atoms with Crippen molar-refractivity contribution >= 4 is 5.95 Å². The first-order valence-electron chi connectivity index (χ1n) is 4.77. The molecule has 0 radical (unpaired) electrons. The molecule has 0 fully saturated rings. The van der Waals surface area contributed by atoms with Gasteiger partial charge in [0.05, 0.1) is 18.5 Å². The van der Waals surface area contributed by atoms with Crippen LogP contribution in [0.5, 0.6) is 5.75 Å². The van der Waals surface area contributed by atoms with E-state index in [2.05, 4.69) is 4.98 Å². The largest absolute Gasteiger partial charge is 0.494 e. The summed E-state index contributed by atoms with van der Waals surface area (Å²) in [4.78, 5) is 4.05. The third-order valence-electron chi connectivity index (χ3n) is 2.27. The van der Waals surface area contributed by atoms with E-state index >= 15 is 0 Å². The predicted octanol–water partition coefficient (Wildman–Crippen LogP) is 1.91. The molecule has 2 rings (SSSR count). The smallest absolute Gasteiger partial charge is 0.205 e. The summed E-state index contributed by atoms with van der Waals surface area (Å²) in [7, 11) is 1.42. The molecule has 0 unspecified atom stereocenters. The molecule has 5 heteroatoms. The summed E-state index contributed by atoms with van der Waals surface area (Å²) >= 11 is 0. The number of halogens is 1. The van der Waals surface area contributed by atoms with E-state index in [0.717, 1.165) is 5.69 Å². The molecule has 0 aliphatic heterocycles. The van der Waals surface area contributed by atoms with Crippen LogP contribution in [0.15, 0.2) is 24.4 Å². The van der Waals surface area contributed by atoms with Gasteiger partial charge in [0.25, 0.3) is 0 Å². The van der Waals surface area contributed by atoms with Crippen LogP contribution >= 0.6 is 0 Å². The zero-order valence-corrected chi connectivity index (χ0v) is 9.07. The fraction of sp³-hybridized carbons (Fsp3) is 0.182. The molecule has 4 nitrogen and oxygen atoms in total. The van der Waals surface area contributed by atoms with Gasteiger partial charge in [0.15, 0.2) is 11.6 Å². The lowest BCUT2D eigenvalue weighted by molar-refractivity contribution is 0.386. The highest BCUT2D eigenvalue weighted by Crippen LogP contribution is 2.21. The number of methoxy groups -OCH3 is 1. The van der Waals surface area contributed by atoms with Crippen molar-refractivity contribution < 1.29 is 9.13 Å². The Labute approximate surface area is 92.5 Å². The van der Waals surface area contributed by atoms with Crippen molar-refractivity contribution in [2.45, 2.75) is 6.92 Å². The number of aryl methyl sites for hydroxylation is 1. The average molecular weight is 221 g/mol. The molecule has 84 valence electrons. The van der Waals surface area contributed by atoms with Crippen molar-refractivity contribution in [2.75, 3.05) is 12.8 Å². The SMILES string of the molecule is COc1ccc(-n2cc(C)nc2N)cc1F. The zero-order chi connectivity index (χ0) is 11.7. The van der Waals surface area contributed by atoms with Crippen molar-refractivity contribution in [1.29, 1.82) is 0 Å². The Morgan fingerprint density at radius 2 is 2.19 bits per heavy atom. The molecule has 0 aliphatic carbocycles. The Morgan fingerprint density at radius 3 is 2.69 bits per heavy atom. The van der Waals surface area contributed by atoms with E-state index in [1.807, 2.05) is 6.92 Å². The lowest BCUT2D eigenvalue weighted by atomic mass is 10.3. The summed E-state index contributed by atoms with van der Waals surface area (Å²) in [5, 5.41) is 0. The molecular formula is C11H12FN3O. The van der Waals surface area contributed by atoms with E-state index in [1.54, 1.807) is 22.9 Å². The number of imidazole rings is 1. The molecule has 2 N–H and O–H groups in total. The second kappa shape index (κ2) is 3.84. The monoisotopic (exact) mass is 221 g/mol. The Balaban J connectivity index is 2.49. The minimum Gasteiger partial charge on any atom is -0.494 e. The number of hydrogen-bond acceptors (Lipinski definition) is 3. The molecule has 0 atom stereocenters. The Bertz CT molecular complexity index is 522. The predicted molar refractivity (Wildman–Crippen MR) is 59.2 cm³/mol. The normalized spacial score (nSPS) is 10.4. The summed E-state index contributed by atoms with van der Waals surface area (Å²) in [5.41, 5.74) is 7.10. The van der Waals surface area contributed by atoms with Gasteiger partial charge in [-0.3, -0.25) is 4.57 Å². The molecule has 0 aliphatic rings. The van der Waals surface area contributed by atoms with E-state index in [-0.39, 0.29) is 5.75 Å². The number of benzene rings is 1. The van der Waals surface area contributed by atoms with E-state index in [9.17, 15) is 4.39 Å². The lowest BCUT2D eigenvalue weighted by Gasteiger charge is -2.06. The van der Waals surface area contributed by atoms with Crippen LogP contribution in [-0.2, 0) is 0 Å². The van der Waals surface area contributed by atoms with Gasteiger partial charge in [-0.05, 0) is 19.1 Å². The summed E-state index contributed by atoms with van der Waals surface area (Å²) in [6.07, 6.45) is 1.75. The standard InChI is InChI=1S/C11H12FN3O/c1-7-6-15(11(13)14-7)8-3-4-10(16-2)9(12)5-8/h3-6H,1-2H3,(H2,13,14). The molecule has 2 aromatic rings. The summed E-state index contributed by atoms with van der Waals surface area (Å²) in [6.45, 7) is 1.83. The van der Waals surface area contributed by atoms with Gasteiger partial charge in [-0.15, -0.1) is 0 Å². The van der Waals surface area contributed by atoms with Gasteiger partial charge in [0, 0.05) is 12.3 Å². The number of aromatic nitrogens is 2. The average Bonchev–Trinajstić information content (AvgIpc) is 2.58. The summed E-state index contributed by atoms with van der Waals surface area (Å²) in [5.74, 6) is 0.118. The number of nitrogens with zero attached hydrogens (tertiary/aromatic N) is 2. The van der Waals surface area contributed by atoms with Crippen molar-refractivity contribution in [3.8, 4) is 11.4 Å². The van der Waals surface area contributed by atoms with E-state index in [1.165, 1.54) is 13.2 Å². The summed E-state index contributed by atoms with van der Waals surface area (Å²) in [6, 6.07) is 4.63. The Morgan fingerprint density at radius 1 is 1.44 bits per heavy atom. The van der Waals surface area contributed by atoms with Crippen LogP contribution in [0.2, 0.25) is 0 Å². The van der Waals surface area contributed by atoms with Gasteiger partial charge in [-0.2, -0.15) is 0 Å². The van der Waals surface area contributed by atoms with Crippen LogP contribution in [0.25, 0.3) is 5.69 Å². The molecule has 0 saturated carbocycles. The van der Waals surface area contributed by atoms with Gasteiger partial charge < -0.3 is 10.5 Å². The van der Waals surface area contributed by atoms with Crippen LogP contribution in [0.1, 0.15) is 5.69 Å². The summed E-state index contributed by atoms with van der Waals surface area (Å²) < 4.78 is 19.9. The molecule has 0 bridgehead atoms. The van der Waals surface area contributed by atoms with Gasteiger partial charge in [0.2, 0.25) is 5.95 Å². The van der Waals surface area contributed by atoms with Gasteiger partial charge in [0.1, 0.15) is 0 Å². The van der Waals surface area contributed by atoms with Crippen LogP contribution in [-0.4, -0.2) is 16.7 Å². The molecule has 1 aromatic carbocycles. The zero-order valence-electron chi connectivity index (χ0n) is 9.07. The first-order valence-corrected chi connectivity index (χ1v) is 4.77. The lowest BCUT2D eigenvalue weighted by Crippen LogP contribution is -2.00. The Kier molecular flexibility index (Phi) is 2.52. The molecule has 1 aromatic heterocycles. The maximum atomic E-state index is 13.5. The molecule has 0 amide bonds. The minimum absolute atomic E-state index is 0.208. The van der Waals surface area contributed by atoms with Crippen molar-refractivity contribution in [3.63, 3.8) is 0 Å². The molecule has 16 heavy (non-hydrogen) atoms. The third kappa shape index (κ3) is 1.71. The van der Waals surface area contributed by atoms with Crippen LogP contribution < -0.4 is 10.5 Å². The van der Waals surface area contributed by atoms with E-state index < -0.39 is 5.82 Å². The maximum Gasteiger partial charge on any atom is 0.205 e. The van der Waals surface area contributed by atoms with Gasteiger partial charge in [-0.1, -0.05) is 0 Å². The maximum absolute atomic E-state index is 13.5. The van der Waals surface area contributed by atoms with Crippen molar-refractivity contribution in [1.82, 2.24) is 9.55 Å². The number of nitrogens with two attached hydrogens (primary N) is 1. The third-order valence-corrected chi connectivity index (χ3v) is 2.27. The fourth-order valence-electron chi connectivity index (χ4n) is 1.53. The van der Waals surface area contributed by atoms with Gasteiger partial charge >= 0.3 is 0 Å². The molecule has 0 spiro atoms. The number of nitrogen functional groups attached to an aromatic ring is 1.